The molecule has 0 unspecified atom stereocenters. The molecule has 0 saturated carbocycles. The first-order chi connectivity index (χ1) is 12.2. The second kappa shape index (κ2) is 8.50. The maximum Gasteiger partial charge on any atom is 0.269 e. The maximum atomic E-state index is 12.5. The van der Waals surface area contributed by atoms with Gasteiger partial charge in [0.15, 0.2) is 0 Å². The predicted molar refractivity (Wildman–Crippen MR) is 101 cm³/mol. The van der Waals surface area contributed by atoms with Crippen molar-refractivity contribution in [1.29, 1.82) is 0 Å². The van der Waals surface area contributed by atoms with Gasteiger partial charge in [0, 0.05) is 29.7 Å². The maximum absolute atomic E-state index is 12.5. The van der Waals surface area contributed by atoms with Crippen molar-refractivity contribution in [2.45, 2.75) is 38.6 Å². The van der Waals surface area contributed by atoms with Crippen molar-refractivity contribution in [3.8, 4) is 11.3 Å². The zero-order chi connectivity index (χ0) is 17.6. The summed E-state index contributed by atoms with van der Waals surface area (Å²) in [6.45, 7) is 5.50. The smallest absolute Gasteiger partial charge is 0.269 e. The highest BCUT2D eigenvalue weighted by atomic mass is 35.5. The van der Waals surface area contributed by atoms with Gasteiger partial charge in [-0.1, -0.05) is 37.1 Å². The van der Waals surface area contributed by atoms with Crippen LogP contribution >= 0.6 is 11.6 Å². The van der Waals surface area contributed by atoms with E-state index in [9.17, 15) is 4.79 Å². The number of nitrogens with zero attached hydrogens (tertiary/aromatic N) is 2. The number of unbranched alkanes of at least 4 members (excludes halogenated alkanes) is 1. The van der Waals surface area contributed by atoms with E-state index in [1.54, 1.807) is 6.07 Å². The van der Waals surface area contributed by atoms with Crippen LogP contribution in [0.5, 0.6) is 0 Å². The largest absolute Gasteiger partial charge is 0.348 e. The Morgan fingerprint density at radius 1 is 1.36 bits per heavy atom. The van der Waals surface area contributed by atoms with Crippen LogP contribution in [0.4, 0.5) is 0 Å². The Morgan fingerprint density at radius 2 is 2.16 bits per heavy atom. The first-order valence-corrected chi connectivity index (χ1v) is 9.38. The van der Waals surface area contributed by atoms with Crippen molar-refractivity contribution < 1.29 is 4.79 Å². The van der Waals surface area contributed by atoms with E-state index in [4.69, 9.17) is 11.6 Å². The number of carbonyl (C=O) groups is 1. The Bertz CT molecular complexity index is 707. The van der Waals surface area contributed by atoms with Crippen molar-refractivity contribution in [2.75, 3.05) is 19.6 Å². The third kappa shape index (κ3) is 4.83. The van der Waals surface area contributed by atoms with E-state index >= 15 is 0 Å². The van der Waals surface area contributed by atoms with Crippen LogP contribution in [0, 0.1) is 0 Å². The highest BCUT2D eigenvalue weighted by Gasteiger charge is 2.21. The number of carbonyl (C=O) groups excluding carboxylic acids is 1. The number of piperidine rings is 1. The minimum absolute atomic E-state index is 0.0900. The number of hydrogen-bond acceptors (Lipinski definition) is 3. The lowest BCUT2D eigenvalue weighted by Crippen LogP contribution is -2.44. The molecule has 1 aliphatic rings. The summed E-state index contributed by atoms with van der Waals surface area (Å²) in [5.74, 6) is -0.0900. The number of hydrogen-bond donors (Lipinski definition) is 2. The average Bonchev–Trinajstić information content (AvgIpc) is 3.11. The normalized spacial score (nSPS) is 16.1. The van der Waals surface area contributed by atoms with E-state index < -0.39 is 0 Å². The highest BCUT2D eigenvalue weighted by Crippen LogP contribution is 2.21. The Labute approximate surface area is 153 Å². The molecule has 0 radical (unpaired) electrons. The van der Waals surface area contributed by atoms with Crippen LogP contribution in [0.1, 0.15) is 43.1 Å². The fraction of sp³-hybridized carbons (Fsp3) is 0.474. The molecule has 1 aromatic carbocycles. The number of aromatic amines is 1. The van der Waals surface area contributed by atoms with Crippen LogP contribution in [-0.4, -0.2) is 46.7 Å². The Balaban J connectivity index is 1.54. The summed E-state index contributed by atoms with van der Waals surface area (Å²) >= 11 is 6.02. The molecule has 2 N–H and O–H groups in total. The fourth-order valence-corrected chi connectivity index (χ4v) is 3.37. The van der Waals surface area contributed by atoms with Crippen LogP contribution in [-0.2, 0) is 0 Å². The number of H-pyrrole nitrogens is 1. The molecular weight excluding hydrogens is 336 g/mol. The molecule has 0 spiro atoms. The monoisotopic (exact) mass is 360 g/mol. The van der Waals surface area contributed by atoms with Crippen molar-refractivity contribution >= 4 is 17.5 Å². The lowest BCUT2D eigenvalue weighted by atomic mass is 10.0. The molecule has 0 atom stereocenters. The summed E-state index contributed by atoms with van der Waals surface area (Å²) in [5.41, 5.74) is 2.11. The zero-order valence-corrected chi connectivity index (χ0v) is 15.4. The molecule has 3 rings (SSSR count). The van der Waals surface area contributed by atoms with Gasteiger partial charge in [-0.25, -0.2) is 0 Å². The number of aromatic nitrogens is 2. The standard InChI is InChI=1S/C19H25ClN4O/c1-2-3-9-24-10-7-16(8-11-24)21-19(25)18-13-17(22-23-18)14-5-4-6-15(20)12-14/h4-6,12-13,16H,2-3,7-11H2,1H3,(H,21,25)(H,22,23). The van der Waals surface area contributed by atoms with E-state index in [2.05, 4.69) is 27.3 Å². The lowest BCUT2D eigenvalue weighted by Gasteiger charge is -2.32. The van der Waals surface area contributed by atoms with Crippen LogP contribution < -0.4 is 5.32 Å². The van der Waals surface area contributed by atoms with E-state index in [1.807, 2.05) is 24.3 Å². The predicted octanol–water partition coefficient (Wildman–Crippen LogP) is 3.72. The topological polar surface area (TPSA) is 61.0 Å². The van der Waals surface area contributed by atoms with Crippen molar-refractivity contribution in [3.05, 3.63) is 41.0 Å². The molecule has 0 bridgehead atoms. The number of rotatable bonds is 6. The molecule has 5 nitrogen and oxygen atoms in total. The number of benzene rings is 1. The van der Waals surface area contributed by atoms with Crippen LogP contribution in [0.15, 0.2) is 30.3 Å². The number of halogens is 1. The first kappa shape index (κ1) is 18.0. The third-order valence-electron chi connectivity index (χ3n) is 4.69. The Hall–Kier alpha value is -1.85. The number of amides is 1. The first-order valence-electron chi connectivity index (χ1n) is 9.00. The van der Waals surface area contributed by atoms with Gasteiger partial charge in [0.05, 0.1) is 5.69 Å². The molecule has 1 aromatic heterocycles. The summed E-state index contributed by atoms with van der Waals surface area (Å²) in [6.07, 6.45) is 4.48. The van der Waals surface area contributed by atoms with Gasteiger partial charge in [-0.2, -0.15) is 5.10 Å². The van der Waals surface area contributed by atoms with Gasteiger partial charge in [-0.3, -0.25) is 9.89 Å². The molecule has 25 heavy (non-hydrogen) atoms. The van der Waals surface area contributed by atoms with Crippen molar-refractivity contribution in [3.63, 3.8) is 0 Å². The number of likely N-dealkylation sites (tertiary alicyclic amines) is 1. The summed E-state index contributed by atoms with van der Waals surface area (Å²) < 4.78 is 0. The van der Waals surface area contributed by atoms with Gasteiger partial charge in [0.25, 0.3) is 5.91 Å². The van der Waals surface area contributed by atoms with E-state index in [0.717, 1.165) is 37.2 Å². The zero-order valence-electron chi connectivity index (χ0n) is 14.6. The Morgan fingerprint density at radius 3 is 2.88 bits per heavy atom. The molecule has 134 valence electrons. The van der Waals surface area contributed by atoms with E-state index in [-0.39, 0.29) is 11.9 Å². The van der Waals surface area contributed by atoms with Crippen molar-refractivity contribution in [2.24, 2.45) is 0 Å². The van der Waals surface area contributed by atoms with Gasteiger partial charge in [-0.05, 0) is 44.0 Å². The number of nitrogens with one attached hydrogen (secondary N) is 2. The van der Waals surface area contributed by atoms with Gasteiger partial charge >= 0.3 is 0 Å². The minimum Gasteiger partial charge on any atom is -0.348 e. The highest BCUT2D eigenvalue weighted by molar-refractivity contribution is 6.30. The summed E-state index contributed by atoms with van der Waals surface area (Å²) in [5, 5.41) is 10.8. The molecule has 1 aliphatic heterocycles. The molecule has 6 heteroatoms. The summed E-state index contributed by atoms with van der Waals surface area (Å²) in [7, 11) is 0. The van der Waals surface area contributed by atoms with Crippen molar-refractivity contribution in [1.82, 2.24) is 20.4 Å². The molecule has 2 aromatic rings. The van der Waals surface area contributed by atoms with E-state index in [0.29, 0.717) is 10.7 Å². The lowest BCUT2D eigenvalue weighted by molar-refractivity contribution is 0.0905. The average molecular weight is 361 g/mol. The summed E-state index contributed by atoms with van der Waals surface area (Å²) in [4.78, 5) is 14.9. The van der Waals surface area contributed by atoms with Gasteiger partial charge in [0.2, 0.25) is 0 Å². The molecule has 1 saturated heterocycles. The fourth-order valence-electron chi connectivity index (χ4n) is 3.18. The molecule has 1 fully saturated rings. The second-order valence-corrected chi connectivity index (χ2v) is 7.06. The third-order valence-corrected chi connectivity index (χ3v) is 4.93. The van der Waals surface area contributed by atoms with Gasteiger partial charge in [-0.15, -0.1) is 0 Å². The van der Waals surface area contributed by atoms with Gasteiger partial charge in [0.1, 0.15) is 5.69 Å². The van der Waals surface area contributed by atoms with Crippen LogP contribution in [0.2, 0.25) is 5.02 Å². The molecule has 1 amide bonds. The summed E-state index contributed by atoms with van der Waals surface area (Å²) in [6, 6.07) is 9.47. The quantitative estimate of drug-likeness (QED) is 0.825. The molecule has 2 heterocycles. The second-order valence-electron chi connectivity index (χ2n) is 6.62. The van der Waals surface area contributed by atoms with E-state index in [1.165, 1.54) is 19.4 Å². The van der Waals surface area contributed by atoms with Crippen LogP contribution in [0.3, 0.4) is 0 Å². The SMILES string of the molecule is CCCCN1CCC(NC(=O)c2cc(-c3cccc(Cl)c3)n[nH]2)CC1. The van der Waals surface area contributed by atoms with Crippen LogP contribution in [0.25, 0.3) is 11.3 Å². The van der Waals surface area contributed by atoms with Gasteiger partial charge < -0.3 is 10.2 Å². The molecule has 0 aliphatic carbocycles. The molecular formula is C19H25ClN4O. The Kier molecular flexibility index (Phi) is 6.10. The minimum atomic E-state index is -0.0900.